The molecule has 0 fully saturated rings. The van der Waals surface area contributed by atoms with Crippen molar-refractivity contribution in [3.8, 4) is 5.75 Å². The number of amides is 2. The third-order valence-corrected chi connectivity index (χ3v) is 4.60. The Morgan fingerprint density at radius 3 is 2.58 bits per heavy atom. The first-order chi connectivity index (χ1) is 14.8. The topological polar surface area (TPSA) is 67.9 Å². The SMILES string of the molecule is CC(C)(C)OC(=O)NC/C(=C\F)COc1ccc2c(c1)CCC(=O)N2c1ccccc1. The van der Waals surface area contributed by atoms with Crippen molar-refractivity contribution in [2.24, 2.45) is 0 Å². The van der Waals surface area contributed by atoms with E-state index >= 15 is 0 Å². The molecule has 0 aromatic heterocycles. The van der Waals surface area contributed by atoms with E-state index in [1.807, 2.05) is 42.5 Å². The van der Waals surface area contributed by atoms with Crippen LogP contribution in [0.15, 0.2) is 60.4 Å². The number of anilines is 2. The number of nitrogens with one attached hydrogen (secondary N) is 1. The molecular weight excluding hydrogens is 399 g/mol. The molecule has 7 heteroatoms. The van der Waals surface area contributed by atoms with E-state index in [-0.39, 0.29) is 24.6 Å². The van der Waals surface area contributed by atoms with Crippen molar-refractivity contribution in [2.45, 2.75) is 39.2 Å². The van der Waals surface area contributed by atoms with Gasteiger partial charge in [0.25, 0.3) is 0 Å². The lowest BCUT2D eigenvalue weighted by atomic mass is 10.00. The van der Waals surface area contributed by atoms with Crippen LogP contribution in [0.25, 0.3) is 0 Å². The number of aryl methyl sites for hydroxylation is 1. The molecule has 0 aliphatic carbocycles. The summed E-state index contributed by atoms with van der Waals surface area (Å²) in [7, 11) is 0. The van der Waals surface area contributed by atoms with Gasteiger partial charge in [-0.05, 0) is 63.1 Å². The number of fused-ring (bicyclic) bond motifs is 1. The fraction of sp³-hybridized carbons (Fsp3) is 0.333. The minimum absolute atomic E-state index is 0.0212. The Morgan fingerprint density at radius 2 is 1.90 bits per heavy atom. The molecule has 164 valence electrons. The number of benzene rings is 2. The molecule has 0 spiro atoms. The minimum Gasteiger partial charge on any atom is -0.489 e. The van der Waals surface area contributed by atoms with Gasteiger partial charge in [0.15, 0.2) is 0 Å². The Balaban J connectivity index is 1.63. The van der Waals surface area contributed by atoms with Crippen molar-refractivity contribution in [3.63, 3.8) is 0 Å². The van der Waals surface area contributed by atoms with Gasteiger partial charge in [-0.2, -0.15) is 0 Å². The fourth-order valence-electron chi connectivity index (χ4n) is 3.21. The maximum absolute atomic E-state index is 13.2. The summed E-state index contributed by atoms with van der Waals surface area (Å²) in [6, 6.07) is 14.9. The van der Waals surface area contributed by atoms with E-state index in [4.69, 9.17) is 9.47 Å². The summed E-state index contributed by atoms with van der Waals surface area (Å²) in [5, 5.41) is 2.51. The van der Waals surface area contributed by atoms with Gasteiger partial charge in [0.2, 0.25) is 5.91 Å². The summed E-state index contributed by atoms with van der Waals surface area (Å²) in [4.78, 5) is 26.0. The Morgan fingerprint density at radius 1 is 1.16 bits per heavy atom. The molecule has 1 N–H and O–H groups in total. The summed E-state index contributed by atoms with van der Waals surface area (Å²) < 4.78 is 24.1. The lowest BCUT2D eigenvalue weighted by Crippen LogP contribution is -2.34. The Bertz CT molecular complexity index is 967. The molecule has 3 rings (SSSR count). The number of ether oxygens (including phenoxy) is 2. The number of para-hydroxylation sites is 1. The Hall–Kier alpha value is -3.35. The lowest BCUT2D eigenvalue weighted by molar-refractivity contribution is -0.118. The second-order valence-corrected chi connectivity index (χ2v) is 8.27. The van der Waals surface area contributed by atoms with Gasteiger partial charge in [-0.25, -0.2) is 9.18 Å². The van der Waals surface area contributed by atoms with E-state index in [1.165, 1.54) is 0 Å². The van der Waals surface area contributed by atoms with Gasteiger partial charge in [-0.3, -0.25) is 9.69 Å². The van der Waals surface area contributed by atoms with Gasteiger partial charge >= 0.3 is 6.09 Å². The second kappa shape index (κ2) is 9.64. The zero-order valence-corrected chi connectivity index (χ0v) is 18.0. The number of nitrogens with zero attached hydrogens (tertiary/aromatic N) is 1. The third kappa shape index (κ3) is 6.07. The van der Waals surface area contributed by atoms with Crippen molar-refractivity contribution < 1.29 is 23.5 Å². The Labute approximate surface area is 181 Å². The van der Waals surface area contributed by atoms with Crippen molar-refractivity contribution in [1.82, 2.24) is 5.32 Å². The first-order valence-electron chi connectivity index (χ1n) is 10.2. The van der Waals surface area contributed by atoms with Crippen LogP contribution in [0, 0.1) is 0 Å². The summed E-state index contributed by atoms with van der Waals surface area (Å²) in [6.07, 6.45) is 0.818. The van der Waals surface area contributed by atoms with Gasteiger partial charge in [0.05, 0.1) is 12.0 Å². The van der Waals surface area contributed by atoms with Crippen LogP contribution in [0.3, 0.4) is 0 Å². The molecule has 0 radical (unpaired) electrons. The third-order valence-electron chi connectivity index (χ3n) is 4.60. The predicted molar refractivity (Wildman–Crippen MR) is 117 cm³/mol. The van der Waals surface area contributed by atoms with Crippen LogP contribution in [0.4, 0.5) is 20.6 Å². The van der Waals surface area contributed by atoms with Gasteiger partial charge in [0, 0.05) is 24.2 Å². The number of carbonyl (C=O) groups excluding carboxylic acids is 2. The summed E-state index contributed by atoms with van der Waals surface area (Å²) in [5.74, 6) is 0.612. The van der Waals surface area contributed by atoms with E-state index in [1.54, 1.807) is 31.7 Å². The monoisotopic (exact) mass is 426 g/mol. The molecule has 1 aliphatic heterocycles. The first kappa shape index (κ1) is 22.3. The Kier molecular flexibility index (Phi) is 6.95. The van der Waals surface area contributed by atoms with Crippen molar-refractivity contribution in [1.29, 1.82) is 0 Å². The molecule has 0 unspecified atom stereocenters. The van der Waals surface area contributed by atoms with E-state index in [0.29, 0.717) is 24.9 Å². The minimum atomic E-state index is -0.627. The molecule has 2 aromatic carbocycles. The van der Waals surface area contributed by atoms with Gasteiger partial charge in [-0.1, -0.05) is 18.2 Å². The number of hydrogen-bond donors (Lipinski definition) is 1. The van der Waals surface area contributed by atoms with Crippen molar-refractivity contribution >= 4 is 23.4 Å². The maximum Gasteiger partial charge on any atom is 0.407 e. The molecule has 0 saturated carbocycles. The van der Waals surface area contributed by atoms with E-state index < -0.39 is 11.7 Å². The predicted octanol–water partition coefficient (Wildman–Crippen LogP) is 5.05. The van der Waals surface area contributed by atoms with Crippen LogP contribution in [-0.2, 0) is 16.0 Å². The number of rotatable bonds is 6. The highest BCUT2D eigenvalue weighted by Crippen LogP contribution is 2.36. The highest BCUT2D eigenvalue weighted by Gasteiger charge is 2.25. The average Bonchev–Trinajstić information content (AvgIpc) is 2.73. The van der Waals surface area contributed by atoms with Crippen LogP contribution in [0.2, 0.25) is 0 Å². The van der Waals surface area contributed by atoms with Crippen LogP contribution in [-0.4, -0.2) is 30.8 Å². The normalized spacial score (nSPS) is 14.1. The molecule has 2 amide bonds. The van der Waals surface area contributed by atoms with E-state index in [2.05, 4.69) is 5.32 Å². The number of carbonyl (C=O) groups is 2. The zero-order valence-electron chi connectivity index (χ0n) is 18.0. The van der Waals surface area contributed by atoms with Gasteiger partial charge < -0.3 is 14.8 Å². The second-order valence-electron chi connectivity index (χ2n) is 8.27. The molecule has 1 aliphatic rings. The molecule has 31 heavy (non-hydrogen) atoms. The quantitative estimate of drug-likeness (QED) is 0.702. The summed E-state index contributed by atoms with van der Waals surface area (Å²) in [6.45, 7) is 5.22. The summed E-state index contributed by atoms with van der Waals surface area (Å²) in [5.41, 5.74) is 2.27. The number of alkyl carbamates (subject to hydrolysis) is 1. The molecule has 2 aromatic rings. The first-order valence-corrected chi connectivity index (χ1v) is 10.2. The van der Waals surface area contributed by atoms with Crippen LogP contribution in [0.5, 0.6) is 5.75 Å². The maximum atomic E-state index is 13.2. The van der Waals surface area contributed by atoms with Crippen molar-refractivity contribution in [2.75, 3.05) is 18.1 Å². The molecule has 0 atom stereocenters. The molecule has 1 heterocycles. The smallest absolute Gasteiger partial charge is 0.407 e. The highest BCUT2D eigenvalue weighted by molar-refractivity contribution is 6.03. The number of hydrogen-bond acceptors (Lipinski definition) is 4. The van der Waals surface area contributed by atoms with Crippen LogP contribution >= 0.6 is 0 Å². The van der Waals surface area contributed by atoms with Crippen LogP contribution < -0.4 is 15.0 Å². The molecule has 0 bridgehead atoms. The summed E-state index contributed by atoms with van der Waals surface area (Å²) >= 11 is 0. The zero-order chi connectivity index (χ0) is 22.4. The van der Waals surface area contributed by atoms with Crippen molar-refractivity contribution in [3.05, 3.63) is 66.0 Å². The van der Waals surface area contributed by atoms with E-state index in [0.717, 1.165) is 16.9 Å². The highest BCUT2D eigenvalue weighted by atomic mass is 19.1. The molecule has 0 saturated heterocycles. The van der Waals surface area contributed by atoms with Crippen LogP contribution in [0.1, 0.15) is 32.8 Å². The van der Waals surface area contributed by atoms with E-state index in [9.17, 15) is 14.0 Å². The fourth-order valence-corrected chi connectivity index (χ4v) is 3.21. The molecule has 6 nitrogen and oxygen atoms in total. The lowest BCUT2D eigenvalue weighted by Gasteiger charge is -2.29. The molecular formula is C24H27FN2O4. The largest absolute Gasteiger partial charge is 0.489 e. The standard InChI is InChI=1S/C24H27FN2O4/c1-24(2,3)31-23(29)26-15-17(14-25)16-30-20-10-11-21-18(13-20)9-12-22(28)27(21)19-7-5-4-6-8-19/h4-8,10-11,13-14H,9,12,15-16H2,1-3H3,(H,26,29)/b17-14+. The number of halogens is 1. The van der Waals surface area contributed by atoms with Gasteiger partial charge in [0.1, 0.15) is 18.0 Å². The van der Waals surface area contributed by atoms with Gasteiger partial charge in [-0.15, -0.1) is 0 Å². The average molecular weight is 426 g/mol.